The summed E-state index contributed by atoms with van der Waals surface area (Å²) in [7, 11) is 0. The number of carbonyl (C=O) groups is 2. The fourth-order valence-corrected chi connectivity index (χ4v) is 1.16. The van der Waals surface area contributed by atoms with Crippen LogP contribution in [0.3, 0.4) is 0 Å². The van der Waals surface area contributed by atoms with E-state index in [0.29, 0.717) is 6.29 Å². The first-order valence-corrected chi connectivity index (χ1v) is 5.17. The van der Waals surface area contributed by atoms with E-state index in [4.69, 9.17) is 16.3 Å². The van der Waals surface area contributed by atoms with Gasteiger partial charge in [0.1, 0.15) is 17.1 Å². The molecule has 92 valence electrons. The third kappa shape index (κ3) is 3.99. The van der Waals surface area contributed by atoms with Gasteiger partial charge in [0.2, 0.25) is 0 Å². The maximum absolute atomic E-state index is 11.5. The zero-order valence-electron chi connectivity index (χ0n) is 9.65. The number of anilines is 1. The van der Waals surface area contributed by atoms with Gasteiger partial charge in [-0.05, 0) is 20.8 Å². The second-order valence-electron chi connectivity index (χ2n) is 4.17. The maximum atomic E-state index is 11.5. The van der Waals surface area contributed by atoms with Crippen LogP contribution in [-0.2, 0) is 4.74 Å². The van der Waals surface area contributed by atoms with Gasteiger partial charge in [-0.3, -0.25) is 10.1 Å². The second-order valence-corrected chi connectivity index (χ2v) is 4.53. The van der Waals surface area contributed by atoms with E-state index in [1.54, 1.807) is 20.8 Å². The van der Waals surface area contributed by atoms with E-state index in [9.17, 15) is 9.59 Å². The number of aldehydes is 1. The van der Waals surface area contributed by atoms with E-state index in [0.717, 1.165) is 6.33 Å². The number of nitrogens with zero attached hydrogens (tertiary/aromatic N) is 2. The molecule has 0 unspecified atom stereocenters. The first-order valence-electron chi connectivity index (χ1n) is 4.79. The third-order valence-electron chi connectivity index (χ3n) is 1.57. The lowest BCUT2D eigenvalue weighted by Crippen LogP contribution is -2.28. The lowest BCUT2D eigenvalue weighted by atomic mass is 10.2. The monoisotopic (exact) mass is 257 g/mol. The van der Waals surface area contributed by atoms with Crippen molar-refractivity contribution in [3.63, 3.8) is 0 Å². The molecule has 0 radical (unpaired) electrons. The molecule has 6 nitrogen and oxygen atoms in total. The molecule has 1 aromatic rings. The predicted octanol–water partition coefficient (Wildman–Crippen LogP) is 2.29. The van der Waals surface area contributed by atoms with Gasteiger partial charge in [0.05, 0.1) is 5.56 Å². The fraction of sp³-hybridized carbons (Fsp3) is 0.400. The smallest absolute Gasteiger partial charge is 0.413 e. The minimum Gasteiger partial charge on any atom is -0.444 e. The molecule has 1 heterocycles. The summed E-state index contributed by atoms with van der Waals surface area (Å²) in [5, 5.41) is 2.30. The summed E-state index contributed by atoms with van der Waals surface area (Å²) in [6.07, 6.45) is 0.896. The molecular formula is C10H12ClN3O3. The van der Waals surface area contributed by atoms with Gasteiger partial charge in [-0.1, -0.05) is 11.6 Å². The van der Waals surface area contributed by atoms with Crippen LogP contribution in [0.4, 0.5) is 10.6 Å². The van der Waals surface area contributed by atoms with Gasteiger partial charge in [-0.25, -0.2) is 14.8 Å². The highest BCUT2D eigenvalue weighted by Crippen LogP contribution is 2.18. The number of hydrogen-bond acceptors (Lipinski definition) is 5. The molecule has 0 aliphatic heterocycles. The van der Waals surface area contributed by atoms with Crippen LogP contribution >= 0.6 is 11.6 Å². The predicted molar refractivity (Wildman–Crippen MR) is 62.3 cm³/mol. The van der Waals surface area contributed by atoms with Crippen molar-refractivity contribution in [3.8, 4) is 0 Å². The van der Waals surface area contributed by atoms with Crippen LogP contribution < -0.4 is 5.32 Å². The lowest BCUT2D eigenvalue weighted by Gasteiger charge is -2.19. The Kier molecular flexibility index (Phi) is 4.01. The molecule has 1 N–H and O–H groups in total. The molecule has 0 aromatic carbocycles. The highest BCUT2D eigenvalue weighted by atomic mass is 35.5. The number of rotatable bonds is 2. The fourth-order valence-electron chi connectivity index (χ4n) is 0.978. The Morgan fingerprint density at radius 2 is 2.12 bits per heavy atom. The first-order chi connectivity index (χ1) is 7.83. The molecule has 0 atom stereocenters. The number of hydrogen-bond donors (Lipinski definition) is 1. The van der Waals surface area contributed by atoms with Crippen molar-refractivity contribution in [2.24, 2.45) is 0 Å². The molecule has 1 aromatic heterocycles. The van der Waals surface area contributed by atoms with E-state index in [1.165, 1.54) is 0 Å². The Morgan fingerprint density at radius 1 is 1.47 bits per heavy atom. The molecule has 0 fully saturated rings. The van der Waals surface area contributed by atoms with Crippen LogP contribution in [0.5, 0.6) is 0 Å². The Balaban J connectivity index is 2.85. The third-order valence-corrected chi connectivity index (χ3v) is 1.87. The van der Waals surface area contributed by atoms with Gasteiger partial charge in [0, 0.05) is 0 Å². The summed E-state index contributed by atoms with van der Waals surface area (Å²) in [5.41, 5.74) is -0.623. The lowest BCUT2D eigenvalue weighted by molar-refractivity contribution is 0.0635. The summed E-state index contributed by atoms with van der Waals surface area (Å²) < 4.78 is 5.01. The molecule has 7 heteroatoms. The summed E-state index contributed by atoms with van der Waals surface area (Å²) >= 11 is 5.67. The number of amides is 1. The zero-order valence-corrected chi connectivity index (χ0v) is 10.4. The number of carbonyl (C=O) groups excluding carboxylic acids is 2. The number of nitrogens with one attached hydrogen (secondary N) is 1. The molecule has 1 amide bonds. The van der Waals surface area contributed by atoms with E-state index in [-0.39, 0.29) is 16.5 Å². The number of ether oxygens (including phenoxy) is 1. The quantitative estimate of drug-likeness (QED) is 0.649. The average Bonchev–Trinajstić information content (AvgIpc) is 2.14. The number of aromatic nitrogens is 2. The Hall–Kier alpha value is -1.69. The van der Waals surface area contributed by atoms with Crippen LogP contribution in [0.15, 0.2) is 6.33 Å². The zero-order chi connectivity index (χ0) is 13.1. The van der Waals surface area contributed by atoms with Gasteiger partial charge in [-0.2, -0.15) is 0 Å². The molecule has 0 spiro atoms. The highest BCUT2D eigenvalue weighted by molar-refractivity contribution is 6.32. The largest absolute Gasteiger partial charge is 0.444 e. The van der Waals surface area contributed by atoms with Gasteiger partial charge >= 0.3 is 6.09 Å². The minimum absolute atomic E-state index is 0.0139. The van der Waals surface area contributed by atoms with E-state index in [2.05, 4.69) is 15.3 Å². The second kappa shape index (κ2) is 5.09. The summed E-state index contributed by atoms with van der Waals surface area (Å²) in [4.78, 5) is 29.6. The van der Waals surface area contributed by atoms with Crippen molar-refractivity contribution >= 4 is 29.8 Å². The van der Waals surface area contributed by atoms with E-state index >= 15 is 0 Å². The summed E-state index contributed by atoms with van der Waals surface area (Å²) in [6.45, 7) is 5.17. The summed E-state index contributed by atoms with van der Waals surface area (Å²) in [5.74, 6) is 0.0225. The topological polar surface area (TPSA) is 81.2 Å². The Labute approximate surface area is 103 Å². The van der Waals surface area contributed by atoms with Crippen LogP contribution in [0.2, 0.25) is 5.15 Å². The Morgan fingerprint density at radius 3 is 2.65 bits per heavy atom. The summed E-state index contributed by atoms with van der Waals surface area (Å²) in [6, 6.07) is 0. The van der Waals surface area contributed by atoms with Crippen LogP contribution in [0.25, 0.3) is 0 Å². The van der Waals surface area contributed by atoms with Crippen molar-refractivity contribution in [2.45, 2.75) is 26.4 Å². The molecule has 0 saturated heterocycles. The van der Waals surface area contributed by atoms with Gasteiger partial charge < -0.3 is 4.74 Å². The molecule has 17 heavy (non-hydrogen) atoms. The maximum Gasteiger partial charge on any atom is 0.413 e. The normalized spacial score (nSPS) is 10.8. The standard InChI is InChI=1S/C10H12ClN3O3/c1-10(2,3)17-9(16)14-8-6(4-15)7(11)12-5-13-8/h4-5H,1-3H3,(H,12,13,14,16). The molecule has 0 saturated carbocycles. The van der Waals surface area contributed by atoms with Crippen molar-refractivity contribution in [3.05, 3.63) is 17.0 Å². The van der Waals surface area contributed by atoms with E-state index in [1.807, 2.05) is 0 Å². The number of halogens is 1. The van der Waals surface area contributed by atoms with Crippen LogP contribution in [-0.4, -0.2) is 27.9 Å². The highest BCUT2D eigenvalue weighted by Gasteiger charge is 2.18. The van der Waals surface area contributed by atoms with Crippen molar-refractivity contribution in [2.75, 3.05) is 5.32 Å². The molecule has 1 rings (SSSR count). The van der Waals surface area contributed by atoms with Gasteiger partial charge in [0.25, 0.3) is 0 Å². The van der Waals surface area contributed by atoms with E-state index < -0.39 is 11.7 Å². The molecule has 0 aliphatic rings. The van der Waals surface area contributed by atoms with Crippen LogP contribution in [0, 0.1) is 0 Å². The van der Waals surface area contributed by atoms with Crippen molar-refractivity contribution in [1.82, 2.24) is 9.97 Å². The first kappa shape index (κ1) is 13.4. The molecule has 0 aliphatic carbocycles. The van der Waals surface area contributed by atoms with Gasteiger partial charge in [-0.15, -0.1) is 0 Å². The van der Waals surface area contributed by atoms with Gasteiger partial charge in [0.15, 0.2) is 12.1 Å². The van der Waals surface area contributed by atoms with Crippen molar-refractivity contribution in [1.29, 1.82) is 0 Å². The molecular weight excluding hydrogens is 246 g/mol. The molecule has 0 bridgehead atoms. The average molecular weight is 258 g/mol. The van der Waals surface area contributed by atoms with Crippen molar-refractivity contribution < 1.29 is 14.3 Å². The minimum atomic E-state index is -0.713. The Bertz CT molecular complexity index is 443. The SMILES string of the molecule is CC(C)(C)OC(=O)Nc1ncnc(Cl)c1C=O. The van der Waals surface area contributed by atoms with Crippen LogP contribution in [0.1, 0.15) is 31.1 Å².